The Morgan fingerprint density at radius 2 is 1.47 bits per heavy atom. The number of nitrogens with one attached hydrogen (secondary N) is 2. The largest absolute Gasteiger partial charge is 0.298 e. The number of allylic oxidation sites excluding steroid dienone is 4. The van der Waals surface area contributed by atoms with Crippen molar-refractivity contribution in [1.29, 1.82) is 10.8 Å². The zero-order chi connectivity index (χ0) is 21.8. The van der Waals surface area contributed by atoms with Gasteiger partial charge in [-0.3, -0.25) is 10.8 Å². The van der Waals surface area contributed by atoms with Crippen LogP contribution in [-0.2, 0) is 6.42 Å². The molecule has 3 heterocycles. The molecule has 0 aliphatic heterocycles. The molecule has 0 bridgehead atoms. The predicted octanol–water partition coefficient (Wildman–Crippen LogP) is 8.93. The van der Waals surface area contributed by atoms with Crippen LogP contribution in [0.2, 0.25) is 0 Å². The Kier molecular flexibility index (Phi) is 8.88. The van der Waals surface area contributed by atoms with Crippen LogP contribution in [0, 0.1) is 16.7 Å². The average Bonchev–Trinajstić information content (AvgIpc) is 3.54. The Labute approximate surface area is 210 Å². The smallest absolute Gasteiger partial charge is 0.0882 e. The van der Waals surface area contributed by atoms with E-state index in [2.05, 4.69) is 38.1 Å². The summed E-state index contributed by atoms with van der Waals surface area (Å²) in [5.74, 6) is 0.786. The highest BCUT2D eigenvalue weighted by atomic mass is 32.1. The molecule has 32 heavy (non-hydrogen) atoms. The van der Waals surface area contributed by atoms with Crippen molar-refractivity contribution in [3.05, 3.63) is 68.6 Å². The highest BCUT2D eigenvalue weighted by Crippen LogP contribution is 2.39. The molecule has 3 aromatic rings. The molecule has 1 unspecified atom stereocenters. The molecule has 2 N–H and O–H groups in total. The molecular formula is C26H30N2S4. The van der Waals surface area contributed by atoms with E-state index >= 15 is 0 Å². The van der Waals surface area contributed by atoms with Crippen LogP contribution in [0.3, 0.4) is 0 Å². The van der Waals surface area contributed by atoms with E-state index in [-0.39, 0.29) is 13.5 Å². The first-order chi connectivity index (χ1) is 15.1. The molecule has 2 nitrogen and oxygen atoms in total. The second-order valence-corrected chi connectivity index (χ2v) is 11.1. The molecule has 1 aliphatic rings. The first-order valence-electron chi connectivity index (χ1n) is 10.9. The van der Waals surface area contributed by atoms with Gasteiger partial charge >= 0.3 is 0 Å². The molecule has 1 aliphatic carbocycles. The lowest BCUT2D eigenvalue weighted by Crippen LogP contribution is -2.17. The lowest BCUT2D eigenvalue weighted by molar-refractivity contribution is 0.452. The minimum absolute atomic E-state index is 0. The van der Waals surface area contributed by atoms with Crippen molar-refractivity contribution < 1.29 is 0 Å². The molecule has 0 saturated carbocycles. The maximum atomic E-state index is 8.57. The van der Waals surface area contributed by atoms with Gasteiger partial charge in [-0.05, 0) is 48.1 Å². The molecule has 0 aromatic carbocycles. The SMILES string of the molecule is CCCCC(CC)Cc1ccc(-c2ccc(C3=CC=C(c4cccs4)C(=N)C3=N)s2)s1.S. The quantitative estimate of drug-likeness (QED) is 0.277. The number of rotatable bonds is 9. The first-order valence-corrected chi connectivity index (χ1v) is 13.4. The van der Waals surface area contributed by atoms with E-state index < -0.39 is 0 Å². The van der Waals surface area contributed by atoms with Crippen LogP contribution in [0.4, 0.5) is 0 Å². The van der Waals surface area contributed by atoms with Gasteiger partial charge in [0.1, 0.15) is 0 Å². The Hall–Kier alpha value is -1.73. The molecule has 3 aromatic heterocycles. The Morgan fingerprint density at radius 1 is 0.812 bits per heavy atom. The highest BCUT2D eigenvalue weighted by molar-refractivity contribution is 7.59. The molecule has 0 radical (unpaired) electrons. The fourth-order valence-corrected chi connectivity index (χ4v) is 6.92. The first kappa shape index (κ1) is 24.9. The third-order valence-corrected chi connectivity index (χ3v) is 9.13. The zero-order valence-corrected chi connectivity index (χ0v) is 22.0. The summed E-state index contributed by atoms with van der Waals surface area (Å²) in [5.41, 5.74) is 2.32. The Bertz CT molecular complexity index is 1130. The second-order valence-electron chi connectivity index (χ2n) is 7.94. The van der Waals surface area contributed by atoms with Crippen LogP contribution in [0.1, 0.15) is 54.2 Å². The van der Waals surface area contributed by atoms with Gasteiger partial charge in [-0.1, -0.05) is 57.7 Å². The van der Waals surface area contributed by atoms with Crippen molar-refractivity contribution in [2.45, 2.75) is 46.0 Å². The third kappa shape index (κ3) is 5.42. The molecule has 168 valence electrons. The van der Waals surface area contributed by atoms with Gasteiger partial charge in [-0.15, -0.1) is 34.0 Å². The fraction of sp³-hybridized carbons (Fsp3) is 0.308. The van der Waals surface area contributed by atoms with E-state index in [1.807, 2.05) is 41.0 Å². The van der Waals surface area contributed by atoms with Crippen molar-refractivity contribution in [2.75, 3.05) is 0 Å². The van der Waals surface area contributed by atoms with Gasteiger partial charge in [-0.25, -0.2) is 0 Å². The van der Waals surface area contributed by atoms with Crippen LogP contribution >= 0.6 is 47.5 Å². The zero-order valence-electron chi connectivity index (χ0n) is 18.5. The highest BCUT2D eigenvalue weighted by Gasteiger charge is 2.23. The van der Waals surface area contributed by atoms with E-state index in [0.29, 0.717) is 11.4 Å². The second kappa shape index (κ2) is 11.4. The monoisotopic (exact) mass is 498 g/mol. The van der Waals surface area contributed by atoms with Crippen LogP contribution < -0.4 is 0 Å². The standard InChI is InChI=1S/C26H28N2S3.H2S/c1-3-5-7-17(4-2)16-18-9-12-23(30-18)24-14-13-22(31-24)20-11-10-19(25(27)26(20)28)21-8-6-15-29-21;/h6,8-15,17,27-28H,3-5,7,16H2,1-2H3;1H2. The van der Waals surface area contributed by atoms with Crippen molar-refractivity contribution >= 4 is 70.1 Å². The van der Waals surface area contributed by atoms with Crippen LogP contribution in [-0.4, -0.2) is 11.4 Å². The normalized spacial score (nSPS) is 14.7. The van der Waals surface area contributed by atoms with Gasteiger partial charge in [0.2, 0.25) is 0 Å². The molecule has 1 atom stereocenters. The maximum Gasteiger partial charge on any atom is 0.0882 e. The summed E-state index contributed by atoms with van der Waals surface area (Å²) in [6.07, 6.45) is 10.4. The van der Waals surface area contributed by atoms with Gasteiger partial charge in [-0.2, -0.15) is 13.5 Å². The van der Waals surface area contributed by atoms with E-state index in [1.54, 1.807) is 22.7 Å². The molecule has 0 amide bonds. The van der Waals surface area contributed by atoms with Crippen molar-refractivity contribution in [2.24, 2.45) is 5.92 Å². The topological polar surface area (TPSA) is 47.7 Å². The van der Waals surface area contributed by atoms with Gasteiger partial charge in [0.25, 0.3) is 0 Å². The predicted molar refractivity (Wildman–Crippen MR) is 151 cm³/mol. The lowest BCUT2D eigenvalue weighted by Gasteiger charge is -2.15. The van der Waals surface area contributed by atoms with Crippen LogP contribution in [0.25, 0.3) is 20.9 Å². The van der Waals surface area contributed by atoms with Gasteiger partial charge in [0.05, 0.1) is 11.4 Å². The van der Waals surface area contributed by atoms with E-state index in [4.69, 9.17) is 10.8 Å². The van der Waals surface area contributed by atoms with Crippen molar-refractivity contribution in [3.63, 3.8) is 0 Å². The Morgan fingerprint density at radius 3 is 2.12 bits per heavy atom. The minimum atomic E-state index is 0. The van der Waals surface area contributed by atoms with Gasteiger partial charge in [0.15, 0.2) is 0 Å². The van der Waals surface area contributed by atoms with Crippen molar-refractivity contribution in [1.82, 2.24) is 0 Å². The number of hydrogen-bond acceptors (Lipinski definition) is 5. The fourth-order valence-electron chi connectivity index (χ4n) is 3.91. The summed E-state index contributed by atoms with van der Waals surface area (Å²) in [5, 5.41) is 19.1. The van der Waals surface area contributed by atoms with Crippen LogP contribution in [0.5, 0.6) is 0 Å². The van der Waals surface area contributed by atoms with Gasteiger partial charge < -0.3 is 0 Å². The van der Waals surface area contributed by atoms with Crippen molar-refractivity contribution in [3.8, 4) is 9.75 Å². The summed E-state index contributed by atoms with van der Waals surface area (Å²) in [6.45, 7) is 4.58. The number of unbranched alkanes of at least 4 members (excludes halogenated alkanes) is 1. The summed E-state index contributed by atoms with van der Waals surface area (Å²) in [6, 6.07) is 12.8. The van der Waals surface area contributed by atoms with Gasteiger partial charge in [0, 0.05) is 35.5 Å². The molecule has 4 rings (SSSR count). The van der Waals surface area contributed by atoms with E-state index in [0.717, 1.165) is 26.8 Å². The molecule has 6 heteroatoms. The number of thiophene rings is 3. The molecule has 0 saturated heterocycles. The molecule has 0 fully saturated rings. The lowest BCUT2D eigenvalue weighted by atomic mass is 9.92. The molecular weight excluding hydrogens is 469 g/mol. The van der Waals surface area contributed by atoms with E-state index in [1.165, 1.54) is 46.7 Å². The van der Waals surface area contributed by atoms with Crippen LogP contribution in [0.15, 0.2) is 53.9 Å². The summed E-state index contributed by atoms with van der Waals surface area (Å²) < 4.78 is 0. The minimum Gasteiger partial charge on any atom is -0.298 e. The average molecular weight is 499 g/mol. The summed E-state index contributed by atoms with van der Waals surface area (Å²) in [4.78, 5) is 6.15. The maximum absolute atomic E-state index is 8.57. The Balaban J connectivity index is 0.00000289. The van der Waals surface area contributed by atoms with E-state index in [9.17, 15) is 0 Å². The number of hydrogen-bond donors (Lipinski definition) is 2. The third-order valence-electron chi connectivity index (χ3n) is 5.80. The summed E-state index contributed by atoms with van der Waals surface area (Å²) in [7, 11) is 0. The molecule has 0 spiro atoms. The summed E-state index contributed by atoms with van der Waals surface area (Å²) >= 11 is 5.25.